The van der Waals surface area contributed by atoms with Gasteiger partial charge in [0.1, 0.15) is 17.3 Å². The molecule has 0 aliphatic rings. The summed E-state index contributed by atoms with van der Waals surface area (Å²) in [6.45, 7) is 0.292. The zero-order chi connectivity index (χ0) is 21.7. The molecule has 156 valence electrons. The molecule has 0 saturated heterocycles. The molecule has 0 amide bonds. The second kappa shape index (κ2) is 9.41. The van der Waals surface area contributed by atoms with Crippen LogP contribution in [0.3, 0.4) is 0 Å². The first-order valence-electron chi connectivity index (χ1n) is 8.83. The summed E-state index contributed by atoms with van der Waals surface area (Å²) in [5.74, 6) is 0.0619. The maximum atomic E-state index is 14.3. The Balaban J connectivity index is 1.97. The zero-order valence-electron chi connectivity index (χ0n) is 16.5. The molecule has 0 spiro atoms. The lowest BCUT2D eigenvalue weighted by atomic mass is 10.1. The number of ether oxygens (including phenoxy) is 3. The van der Waals surface area contributed by atoms with Crippen LogP contribution in [0.5, 0.6) is 11.5 Å². The number of benzene rings is 2. The maximum absolute atomic E-state index is 14.3. The number of halogens is 2. The van der Waals surface area contributed by atoms with E-state index in [0.717, 1.165) is 5.56 Å². The van der Waals surface area contributed by atoms with Crippen LogP contribution in [0.25, 0.3) is 11.3 Å². The number of methoxy groups -OCH3 is 3. The highest BCUT2D eigenvalue weighted by molar-refractivity contribution is 6.30. The van der Waals surface area contributed by atoms with Gasteiger partial charge in [-0.3, -0.25) is 0 Å². The van der Waals surface area contributed by atoms with Crippen LogP contribution in [-0.2, 0) is 11.3 Å². The highest BCUT2D eigenvalue weighted by Crippen LogP contribution is 2.29. The lowest BCUT2D eigenvalue weighted by molar-refractivity contribution is 0.0594. The Morgan fingerprint density at radius 3 is 2.57 bits per heavy atom. The summed E-state index contributed by atoms with van der Waals surface area (Å²) in [5, 5.41) is 11.4. The smallest absolute Gasteiger partial charge is 0.360 e. The molecule has 1 N–H and O–H groups in total. The van der Waals surface area contributed by atoms with Gasteiger partial charge < -0.3 is 19.5 Å². The quantitative estimate of drug-likeness (QED) is 0.557. The van der Waals surface area contributed by atoms with E-state index in [1.807, 2.05) is 6.07 Å². The first-order valence-corrected chi connectivity index (χ1v) is 9.20. The molecule has 0 aliphatic carbocycles. The topological polar surface area (TPSA) is 82.6 Å². The van der Waals surface area contributed by atoms with Gasteiger partial charge in [-0.15, -0.1) is 10.2 Å². The Bertz CT molecular complexity index is 1080. The number of carbonyl (C=O) groups is 1. The van der Waals surface area contributed by atoms with Crippen molar-refractivity contribution >= 4 is 23.3 Å². The number of hydrogen-bond donors (Lipinski definition) is 1. The fourth-order valence-electron chi connectivity index (χ4n) is 2.79. The number of aromatic nitrogens is 2. The number of hydrogen-bond acceptors (Lipinski definition) is 7. The summed E-state index contributed by atoms with van der Waals surface area (Å²) < 4.78 is 29.6. The van der Waals surface area contributed by atoms with Crippen molar-refractivity contribution in [3.8, 4) is 22.8 Å². The summed E-state index contributed by atoms with van der Waals surface area (Å²) in [6, 6.07) is 11.0. The number of nitrogens with zero attached hydrogens (tertiary/aromatic N) is 2. The van der Waals surface area contributed by atoms with Gasteiger partial charge in [0, 0.05) is 28.8 Å². The van der Waals surface area contributed by atoms with Gasteiger partial charge in [0.05, 0.1) is 32.7 Å². The Kier molecular flexibility index (Phi) is 6.68. The molecule has 0 bridgehead atoms. The summed E-state index contributed by atoms with van der Waals surface area (Å²) in [6.07, 6.45) is 0. The molecule has 3 rings (SSSR count). The largest absolute Gasteiger partial charge is 0.497 e. The second-order valence-corrected chi connectivity index (χ2v) is 6.58. The monoisotopic (exact) mass is 431 g/mol. The highest BCUT2D eigenvalue weighted by Gasteiger charge is 2.18. The lowest BCUT2D eigenvalue weighted by Crippen LogP contribution is -2.12. The third-order valence-electron chi connectivity index (χ3n) is 4.34. The SMILES string of the molecule is COC(=O)c1nnc(-c2cc(Cl)ccc2F)cc1NCc1ccc(OC)cc1OC. The van der Waals surface area contributed by atoms with E-state index >= 15 is 0 Å². The van der Waals surface area contributed by atoms with Crippen molar-refractivity contribution in [1.82, 2.24) is 10.2 Å². The van der Waals surface area contributed by atoms with E-state index in [-0.39, 0.29) is 17.0 Å². The minimum absolute atomic E-state index is 0.0313. The summed E-state index contributed by atoms with van der Waals surface area (Å²) in [7, 11) is 4.35. The van der Waals surface area contributed by atoms with Crippen molar-refractivity contribution in [2.45, 2.75) is 6.54 Å². The highest BCUT2D eigenvalue weighted by atomic mass is 35.5. The van der Waals surface area contributed by atoms with Gasteiger partial charge in [0.2, 0.25) is 0 Å². The minimum atomic E-state index is -0.676. The molecule has 0 atom stereocenters. The van der Waals surface area contributed by atoms with Gasteiger partial charge in [-0.1, -0.05) is 11.6 Å². The van der Waals surface area contributed by atoms with Crippen LogP contribution in [0, 0.1) is 5.82 Å². The molecule has 0 aliphatic heterocycles. The molecule has 1 heterocycles. The summed E-state index contributed by atoms with van der Waals surface area (Å²) >= 11 is 5.98. The van der Waals surface area contributed by atoms with Crippen molar-refractivity contribution < 1.29 is 23.4 Å². The average molecular weight is 432 g/mol. The van der Waals surface area contributed by atoms with Crippen LogP contribution in [-0.4, -0.2) is 37.5 Å². The van der Waals surface area contributed by atoms with Crippen LogP contribution < -0.4 is 14.8 Å². The van der Waals surface area contributed by atoms with Crippen molar-refractivity contribution in [3.63, 3.8) is 0 Å². The molecule has 0 fully saturated rings. The number of carbonyl (C=O) groups excluding carboxylic acids is 1. The van der Waals surface area contributed by atoms with Crippen molar-refractivity contribution in [2.24, 2.45) is 0 Å². The van der Waals surface area contributed by atoms with E-state index in [9.17, 15) is 9.18 Å². The first-order chi connectivity index (χ1) is 14.5. The van der Waals surface area contributed by atoms with Gasteiger partial charge in [-0.2, -0.15) is 0 Å². The predicted octanol–water partition coefficient (Wildman–Crippen LogP) is 4.35. The summed E-state index contributed by atoms with van der Waals surface area (Å²) in [4.78, 5) is 12.1. The predicted molar refractivity (Wildman–Crippen MR) is 111 cm³/mol. The fourth-order valence-corrected chi connectivity index (χ4v) is 2.96. The van der Waals surface area contributed by atoms with Gasteiger partial charge in [0.25, 0.3) is 0 Å². The molecular weight excluding hydrogens is 413 g/mol. The van der Waals surface area contributed by atoms with Gasteiger partial charge >= 0.3 is 5.97 Å². The van der Waals surface area contributed by atoms with Crippen LogP contribution in [0.15, 0.2) is 42.5 Å². The van der Waals surface area contributed by atoms with Gasteiger partial charge in [-0.05, 0) is 36.4 Å². The molecule has 2 aromatic carbocycles. The molecule has 30 heavy (non-hydrogen) atoms. The molecule has 9 heteroatoms. The van der Waals surface area contributed by atoms with Crippen molar-refractivity contribution in [3.05, 3.63) is 64.6 Å². The molecule has 0 saturated carbocycles. The van der Waals surface area contributed by atoms with Crippen molar-refractivity contribution in [2.75, 3.05) is 26.6 Å². The Hall–Kier alpha value is -3.39. The Morgan fingerprint density at radius 1 is 1.07 bits per heavy atom. The van der Waals surface area contributed by atoms with Crippen LogP contribution in [0.1, 0.15) is 16.1 Å². The lowest BCUT2D eigenvalue weighted by Gasteiger charge is -2.14. The summed E-state index contributed by atoms with van der Waals surface area (Å²) in [5.41, 5.74) is 1.48. The second-order valence-electron chi connectivity index (χ2n) is 6.14. The van der Waals surface area contributed by atoms with E-state index in [0.29, 0.717) is 28.8 Å². The zero-order valence-corrected chi connectivity index (χ0v) is 17.3. The number of rotatable bonds is 7. The van der Waals surface area contributed by atoms with Crippen LogP contribution >= 0.6 is 11.6 Å². The average Bonchev–Trinajstić information content (AvgIpc) is 2.78. The minimum Gasteiger partial charge on any atom is -0.497 e. The number of esters is 1. The van der Waals surface area contributed by atoms with E-state index in [1.165, 1.54) is 31.4 Å². The van der Waals surface area contributed by atoms with Crippen LogP contribution in [0.4, 0.5) is 10.1 Å². The third kappa shape index (κ3) is 4.60. The molecule has 0 radical (unpaired) electrons. The number of anilines is 1. The first kappa shape index (κ1) is 21.3. The van der Waals surface area contributed by atoms with E-state index in [1.54, 1.807) is 26.4 Å². The van der Waals surface area contributed by atoms with Crippen molar-refractivity contribution in [1.29, 1.82) is 0 Å². The Morgan fingerprint density at radius 2 is 1.87 bits per heavy atom. The maximum Gasteiger partial charge on any atom is 0.360 e. The third-order valence-corrected chi connectivity index (χ3v) is 4.58. The standard InChI is InChI=1S/C21H19ClFN3O4/c1-28-14-6-4-12(19(9-14)29-2)11-24-18-10-17(25-26-20(18)21(27)30-3)15-8-13(22)5-7-16(15)23/h4-10H,11H2,1-3H3,(H,24,25). The van der Waals surface area contributed by atoms with E-state index in [2.05, 4.69) is 15.5 Å². The number of nitrogens with one attached hydrogen (secondary N) is 1. The normalized spacial score (nSPS) is 10.4. The molecule has 0 unspecified atom stereocenters. The molecular formula is C21H19ClFN3O4. The van der Waals surface area contributed by atoms with Gasteiger partial charge in [0.15, 0.2) is 5.69 Å². The molecule has 3 aromatic rings. The fraction of sp³-hybridized carbons (Fsp3) is 0.190. The molecule has 7 nitrogen and oxygen atoms in total. The molecule has 1 aromatic heterocycles. The van der Waals surface area contributed by atoms with E-state index in [4.69, 9.17) is 25.8 Å². The van der Waals surface area contributed by atoms with E-state index < -0.39 is 11.8 Å². The van der Waals surface area contributed by atoms with Crippen LogP contribution in [0.2, 0.25) is 5.02 Å². The van der Waals surface area contributed by atoms with Gasteiger partial charge in [-0.25, -0.2) is 9.18 Å². The Labute approximate surface area is 177 Å².